The Labute approximate surface area is 190 Å². The van der Waals surface area contributed by atoms with Crippen LogP contribution in [0, 0.1) is 0 Å². The van der Waals surface area contributed by atoms with E-state index in [0.717, 1.165) is 16.4 Å². The topological polar surface area (TPSA) is 66.4 Å². The Morgan fingerprint density at radius 3 is 2.15 bits per heavy atom. The highest BCUT2D eigenvalue weighted by Gasteiger charge is 2.40. The maximum absolute atomic E-state index is 13.4. The second-order valence-corrected chi connectivity index (χ2v) is 9.53. The highest BCUT2D eigenvalue weighted by molar-refractivity contribution is 7.89. The predicted octanol–water partition coefficient (Wildman–Crippen LogP) is 4.57. The molecule has 0 unspecified atom stereocenters. The van der Waals surface area contributed by atoms with Crippen LogP contribution >= 0.6 is 0 Å². The van der Waals surface area contributed by atoms with Gasteiger partial charge in [0.05, 0.1) is 16.0 Å². The number of aromatic nitrogens is 2. The third-order valence-corrected chi connectivity index (χ3v) is 7.36. The largest absolute Gasteiger partial charge is 0.451 e. The lowest BCUT2D eigenvalue weighted by atomic mass is 10.2. The summed E-state index contributed by atoms with van der Waals surface area (Å²) in [6.45, 7) is -0.231. The lowest BCUT2D eigenvalue weighted by Crippen LogP contribution is -2.36. The summed E-state index contributed by atoms with van der Waals surface area (Å²) in [5.74, 6) is -1.33. The molecule has 0 bridgehead atoms. The molecular weight excluding hydrogens is 486 g/mol. The molecule has 3 aromatic rings. The van der Waals surface area contributed by atoms with Crippen LogP contribution in [-0.2, 0) is 22.4 Å². The van der Waals surface area contributed by atoms with Gasteiger partial charge in [-0.05, 0) is 30.7 Å². The molecule has 0 spiro atoms. The Bertz CT molecular complexity index is 1310. The molecule has 0 atom stereocenters. The molecule has 0 radical (unpaired) electrons. The Morgan fingerprint density at radius 1 is 0.765 bits per heavy atom. The molecule has 1 saturated heterocycles. The van der Waals surface area contributed by atoms with Gasteiger partial charge in [0.15, 0.2) is 0 Å². The summed E-state index contributed by atoms with van der Waals surface area (Å²) in [4.78, 5) is 7.92. The predicted molar refractivity (Wildman–Crippen MR) is 112 cm³/mol. The van der Waals surface area contributed by atoms with Crippen molar-refractivity contribution in [3.8, 4) is 0 Å². The van der Waals surface area contributed by atoms with E-state index in [-0.39, 0.29) is 43.9 Å². The van der Waals surface area contributed by atoms with Crippen molar-refractivity contribution in [3.63, 3.8) is 0 Å². The molecule has 1 aliphatic heterocycles. The summed E-state index contributed by atoms with van der Waals surface area (Å²) in [5.41, 5.74) is -1.19. The Hall–Kier alpha value is -2.93. The van der Waals surface area contributed by atoms with Crippen LogP contribution in [0.15, 0.2) is 53.4 Å². The fraction of sp³-hybridized carbons (Fsp3) is 0.333. The minimum absolute atomic E-state index is 0.00661. The number of rotatable bonds is 3. The van der Waals surface area contributed by atoms with Gasteiger partial charge in [-0.2, -0.15) is 30.6 Å². The molecule has 0 N–H and O–H groups in total. The van der Waals surface area contributed by atoms with Crippen molar-refractivity contribution in [1.29, 1.82) is 0 Å². The normalized spacial score (nSPS) is 16.6. The second-order valence-electron chi connectivity index (χ2n) is 7.62. The molecule has 2 aromatic carbocycles. The van der Waals surface area contributed by atoms with E-state index in [9.17, 15) is 34.8 Å². The van der Waals surface area contributed by atoms with E-state index in [1.165, 1.54) is 23.1 Å². The number of halogens is 6. The van der Waals surface area contributed by atoms with Gasteiger partial charge in [0, 0.05) is 31.6 Å². The van der Waals surface area contributed by atoms with Crippen LogP contribution in [0.4, 0.5) is 32.2 Å². The number of para-hydroxylation sites is 1. The molecular formula is C21H18F6N4O2S. The van der Waals surface area contributed by atoms with Gasteiger partial charge in [-0.15, -0.1) is 0 Å². The maximum Gasteiger partial charge on any atom is 0.451 e. The van der Waals surface area contributed by atoms with E-state index in [2.05, 4.69) is 9.97 Å². The first kappa shape index (κ1) is 24.2. The van der Waals surface area contributed by atoms with E-state index in [4.69, 9.17) is 0 Å². The van der Waals surface area contributed by atoms with Crippen molar-refractivity contribution in [2.24, 2.45) is 0 Å². The standard InChI is InChI=1S/C21H18F6N4O2S/c22-20(23,24)15-7-2-4-9-17(15)34(32,33)31-11-5-10-30(12-13-31)18-14-6-1-3-8-16(14)28-19(29-18)21(25,26)27/h1-4,6-9H,5,10-13H2. The molecule has 0 aliphatic carbocycles. The first-order chi connectivity index (χ1) is 15.9. The van der Waals surface area contributed by atoms with Crippen LogP contribution in [0.2, 0.25) is 0 Å². The number of nitrogens with zero attached hydrogens (tertiary/aromatic N) is 4. The van der Waals surface area contributed by atoms with E-state index in [1.807, 2.05) is 0 Å². The van der Waals surface area contributed by atoms with Gasteiger partial charge in [0.25, 0.3) is 0 Å². The van der Waals surface area contributed by atoms with Gasteiger partial charge in [-0.1, -0.05) is 24.3 Å². The van der Waals surface area contributed by atoms with Gasteiger partial charge in [-0.25, -0.2) is 18.4 Å². The van der Waals surface area contributed by atoms with E-state index in [0.29, 0.717) is 11.5 Å². The molecule has 6 nitrogen and oxygen atoms in total. The zero-order chi connectivity index (χ0) is 24.7. The van der Waals surface area contributed by atoms with Crippen molar-refractivity contribution in [3.05, 3.63) is 59.9 Å². The molecule has 1 aromatic heterocycles. The van der Waals surface area contributed by atoms with Gasteiger partial charge in [0.1, 0.15) is 5.82 Å². The Kier molecular flexibility index (Phi) is 6.19. The minimum atomic E-state index is -4.87. The molecule has 182 valence electrons. The van der Waals surface area contributed by atoms with Crippen LogP contribution in [0.5, 0.6) is 0 Å². The third-order valence-electron chi connectivity index (χ3n) is 5.40. The number of benzene rings is 2. The fourth-order valence-electron chi connectivity index (χ4n) is 3.84. The van der Waals surface area contributed by atoms with Gasteiger partial charge >= 0.3 is 12.4 Å². The summed E-state index contributed by atoms with van der Waals surface area (Å²) in [7, 11) is -4.50. The molecule has 34 heavy (non-hydrogen) atoms. The van der Waals surface area contributed by atoms with Crippen molar-refractivity contribution in [2.75, 3.05) is 31.1 Å². The number of sulfonamides is 1. The number of fused-ring (bicyclic) bond motifs is 1. The number of hydrogen-bond acceptors (Lipinski definition) is 5. The van der Waals surface area contributed by atoms with E-state index < -0.39 is 38.7 Å². The van der Waals surface area contributed by atoms with Crippen molar-refractivity contribution in [2.45, 2.75) is 23.7 Å². The summed E-state index contributed by atoms with van der Waals surface area (Å²) < 4.78 is 107. The summed E-state index contributed by atoms with van der Waals surface area (Å²) in [5, 5.41) is 0.356. The summed E-state index contributed by atoms with van der Waals surface area (Å²) >= 11 is 0. The van der Waals surface area contributed by atoms with Crippen LogP contribution < -0.4 is 4.90 Å². The lowest BCUT2D eigenvalue weighted by Gasteiger charge is -2.25. The maximum atomic E-state index is 13.4. The molecule has 13 heteroatoms. The number of anilines is 1. The fourth-order valence-corrected chi connectivity index (χ4v) is 5.52. The third kappa shape index (κ3) is 4.67. The molecule has 1 fully saturated rings. The van der Waals surface area contributed by atoms with Crippen LogP contribution in [0.25, 0.3) is 10.9 Å². The smallest absolute Gasteiger partial charge is 0.355 e. The second kappa shape index (κ2) is 8.69. The summed E-state index contributed by atoms with van der Waals surface area (Å²) in [6, 6.07) is 10.0. The highest BCUT2D eigenvalue weighted by atomic mass is 32.2. The minimum Gasteiger partial charge on any atom is -0.355 e. The van der Waals surface area contributed by atoms with Crippen LogP contribution in [0.1, 0.15) is 17.8 Å². The summed E-state index contributed by atoms with van der Waals surface area (Å²) in [6.07, 6.45) is -9.48. The Morgan fingerprint density at radius 2 is 1.44 bits per heavy atom. The molecule has 2 heterocycles. The lowest BCUT2D eigenvalue weighted by molar-refractivity contribution is -0.144. The van der Waals surface area contributed by atoms with Crippen molar-refractivity contribution >= 4 is 26.7 Å². The van der Waals surface area contributed by atoms with Gasteiger partial charge in [-0.3, -0.25) is 0 Å². The average Bonchev–Trinajstić information content (AvgIpc) is 3.04. The monoisotopic (exact) mass is 504 g/mol. The van der Waals surface area contributed by atoms with Crippen LogP contribution in [0.3, 0.4) is 0 Å². The van der Waals surface area contributed by atoms with Crippen LogP contribution in [-0.4, -0.2) is 48.9 Å². The molecule has 1 aliphatic rings. The SMILES string of the molecule is O=S(=O)(c1ccccc1C(F)(F)F)N1CCCN(c2nc(C(F)(F)F)nc3ccccc23)CC1. The average molecular weight is 504 g/mol. The molecule has 0 saturated carbocycles. The van der Waals surface area contributed by atoms with Gasteiger partial charge < -0.3 is 4.90 Å². The van der Waals surface area contributed by atoms with Crippen molar-refractivity contribution in [1.82, 2.24) is 14.3 Å². The van der Waals surface area contributed by atoms with Gasteiger partial charge in [0.2, 0.25) is 15.8 Å². The highest BCUT2D eigenvalue weighted by Crippen LogP contribution is 2.36. The van der Waals surface area contributed by atoms with E-state index in [1.54, 1.807) is 12.1 Å². The van der Waals surface area contributed by atoms with Crippen molar-refractivity contribution < 1.29 is 34.8 Å². The first-order valence-electron chi connectivity index (χ1n) is 10.1. The zero-order valence-corrected chi connectivity index (χ0v) is 18.3. The van der Waals surface area contributed by atoms with E-state index >= 15 is 0 Å². The molecule has 4 rings (SSSR count). The quantitative estimate of drug-likeness (QED) is 0.489. The molecule has 0 amide bonds. The number of alkyl halides is 6. The number of hydrogen-bond donors (Lipinski definition) is 0. The Balaban J connectivity index is 1.67. The zero-order valence-electron chi connectivity index (χ0n) is 17.4. The first-order valence-corrected chi connectivity index (χ1v) is 11.6.